The van der Waals surface area contributed by atoms with E-state index in [4.69, 9.17) is 0 Å². The van der Waals surface area contributed by atoms with Gasteiger partial charge in [0.15, 0.2) is 7.28 Å². The molecule has 0 amide bonds. The zero-order valence-corrected chi connectivity index (χ0v) is 9.22. The van der Waals surface area contributed by atoms with E-state index in [1.165, 1.54) is 16.6 Å². The number of rotatable bonds is 3. The van der Waals surface area contributed by atoms with Gasteiger partial charge < -0.3 is 0 Å². The summed E-state index contributed by atoms with van der Waals surface area (Å²) in [5.41, 5.74) is 5.88. The maximum absolute atomic E-state index is 3.97. The highest BCUT2D eigenvalue weighted by Gasteiger charge is 2.04. The molecule has 71 valence electrons. The predicted molar refractivity (Wildman–Crippen MR) is 65.3 cm³/mol. The molecule has 0 aliphatic carbocycles. The lowest BCUT2D eigenvalue weighted by Gasteiger charge is -2.09. The van der Waals surface area contributed by atoms with Crippen molar-refractivity contribution < 1.29 is 0 Å². The summed E-state index contributed by atoms with van der Waals surface area (Å²) in [6, 6.07) is 6.30. The van der Waals surface area contributed by atoms with Crippen molar-refractivity contribution in [2.24, 2.45) is 0 Å². The van der Waals surface area contributed by atoms with E-state index >= 15 is 0 Å². The van der Waals surface area contributed by atoms with Gasteiger partial charge in [0.1, 0.15) is 0 Å². The van der Waals surface area contributed by atoms with Crippen LogP contribution >= 0.6 is 0 Å². The lowest BCUT2D eigenvalue weighted by molar-refractivity contribution is 1.36. The van der Waals surface area contributed by atoms with E-state index in [1.807, 2.05) is 6.92 Å². The molecule has 1 aromatic rings. The van der Waals surface area contributed by atoms with Gasteiger partial charge in [0.25, 0.3) is 0 Å². The second-order valence-electron chi connectivity index (χ2n) is 3.74. The van der Waals surface area contributed by atoms with Gasteiger partial charge in [0.2, 0.25) is 0 Å². The molecule has 0 saturated carbocycles. The molecular formula is C13H16B. The van der Waals surface area contributed by atoms with Crippen molar-refractivity contribution in [3.05, 3.63) is 53.5 Å². The minimum Gasteiger partial charge on any atom is -0.105 e. The summed E-state index contributed by atoms with van der Waals surface area (Å²) in [4.78, 5) is 0. The zero-order chi connectivity index (χ0) is 10.7. The topological polar surface area (TPSA) is 0 Å². The van der Waals surface area contributed by atoms with Crippen molar-refractivity contribution in [2.45, 2.75) is 20.8 Å². The van der Waals surface area contributed by atoms with Gasteiger partial charge >= 0.3 is 0 Å². The summed E-state index contributed by atoms with van der Waals surface area (Å²) in [7, 11) is 2.09. The summed E-state index contributed by atoms with van der Waals surface area (Å²) in [5.74, 6) is 0. The molecule has 0 atom stereocenters. The Morgan fingerprint density at radius 1 is 1.21 bits per heavy atom. The van der Waals surface area contributed by atoms with E-state index in [2.05, 4.69) is 52.5 Å². The molecule has 0 heterocycles. The van der Waals surface area contributed by atoms with Crippen LogP contribution in [0.15, 0.2) is 42.4 Å². The molecule has 0 fully saturated rings. The second-order valence-corrected chi connectivity index (χ2v) is 3.74. The van der Waals surface area contributed by atoms with Gasteiger partial charge in [0, 0.05) is 0 Å². The standard InChI is InChI=1S/C13H16B/c1-9(2)12(5)14-13-8-6-7-10(3)11(13)4/h6-8H,1,5H2,2-4H3. The third kappa shape index (κ3) is 2.38. The lowest BCUT2D eigenvalue weighted by atomic mass is 9.60. The normalized spacial score (nSPS) is 9.64. The molecule has 14 heavy (non-hydrogen) atoms. The molecule has 0 spiro atoms. The largest absolute Gasteiger partial charge is 0.191 e. The smallest absolute Gasteiger partial charge is 0.105 e. The van der Waals surface area contributed by atoms with Gasteiger partial charge in [-0.2, -0.15) is 0 Å². The van der Waals surface area contributed by atoms with Gasteiger partial charge in [-0.3, -0.25) is 0 Å². The van der Waals surface area contributed by atoms with Crippen LogP contribution in [0.4, 0.5) is 0 Å². The van der Waals surface area contributed by atoms with Crippen molar-refractivity contribution in [1.82, 2.24) is 0 Å². The molecule has 1 heteroatoms. The Balaban J connectivity index is 2.93. The first-order valence-corrected chi connectivity index (χ1v) is 4.78. The van der Waals surface area contributed by atoms with Gasteiger partial charge in [0.05, 0.1) is 0 Å². The van der Waals surface area contributed by atoms with Crippen LogP contribution in [0, 0.1) is 13.8 Å². The highest BCUT2D eigenvalue weighted by molar-refractivity contribution is 6.62. The first-order valence-electron chi connectivity index (χ1n) is 4.78. The van der Waals surface area contributed by atoms with E-state index in [9.17, 15) is 0 Å². The molecule has 0 N–H and O–H groups in total. The fraction of sp³-hybridized carbons (Fsp3) is 0.231. The Morgan fingerprint density at radius 3 is 2.43 bits per heavy atom. The summed E-state index contributed by atoms with van der Waals surface area (Å²) in [6.07, 6.45) is 0. The lowest BCUT2D eigenvalue weighted by Crippen LogP contribution is -2.20. The highest BCUT2D eigenvalue weighted by atomic mass is 14.0. The Bertz CT molecular complexity index is 375. The molecule has 1 radical (unpaired) electrons. The first-order chi connectivity index (χ1) is 6.52. The molecule has 0 nitrogen and oxygen atoms in total. The number of hydrogen-bond acceptors (Lipinski definition) is 0. The molecule has 0 aliphatic heterocycles. The molecule has 0 aromatic heterocycles. The Labute approximate surface area is 87.6 Å². The molecule has 1 rings (SSSR count). The van der Waals surface area contributed by atoms with Gasteiger partial charge in [-0.05, 0) is 26.3 Å². The quantitative estimate of drug-likeness (QED) is 0.499. The minimum atomic E-state index is 0.999. The van der Waals surface area contributed by atoms with Crippen molar-refractivity contribution in [3.8, 4) is 0 Å². The zero-order valence-electron chi connectivity index (χ0n) is 9.22. The van der Waals surface area contributed by atoms with Gasteiger partial charge in [-0.15, -0.1) is 6.58 Å². The third-order valence-corrected chi connectivity index (χ3v) is 2.52. The summed E-state index contributed by atoms with van der Waals surface area (Å²) in [6.45, 7) is 14.1. The first kappa shape index (κ1) is 10.8. The Morgan fingerprint density at radius 2 is 1.86 bits per heavy atom. The van der Waals surface area contributed by atoms with E-state index in [0.717, 1.165) is 11.0 Å². The monoisotopic (exact) mass is 183 g/mol. The number of aryl methyl sites for hydroxylation is 1. The van der Waals surface area contributed by atoms with Crippen molar-refractivity contribution in [3.63, 3.8) is 0 Å². The highest BCUT2D eigenvalue weighted by Crippen LogP contribution is 2.06. The van der Waals surface area contributed by atoms with E-state index in [-0.39, 0.29) is 0 Å². The van der Waals surface area contributed by atoms with Gasteiger partial charge in [-0.1, -0.05) is 46.8 Å². The van der Waals surface area contributed by atoms with E-state index < -0.39 is 0 Å². The van der Waals surface area contributed by atoms with Crippen LogP contribution < -0.4 is 5.46 Å². The van der Waals surface area contributed by atoms with Crippen LogP contribution in [0.3, 0.4) is 0 Å². The van der Waals surface area contributed by atoms with Crippen molar-refractivity contribution in [1.29, 1.82) is 0 Å². The Kier molecular flexibility index (Phi) is 3.35. The van der Waals surface area contributed by atoms with Gasteiger partial charge in [-0.25, -0.2) is 0 Å². The fourth-order valence-electron chi connectivity index (χ4n) is 1.24. The molecule has 0 saturated heterocycles. The van der Waals surface area contributed by atoms with Crippen LogP contribution in [0.25, 0.3) is 0 Å². The summed E-state index contributed by atoms with van der Waals surface area (Å²) < 4.78 is 0. The fourth-order valence-corrected chi connectivity index (χ4v) is 1.24. The van der Waals surface area contributed by atoms with Crippen molar-refractivity contribution >= 4 is 12.7 Å². The predicted octanol–water partition coefficient (Wildman–Crippen LogP) is 2.72. The summed E-state index contributed by atoms with van der Waals surface area (Å²) in [5, 5.41) is 0. The third-order valence-electron chi connectivity index (χ3n) is 2.52. The minimum absolute atomic E-state index is 0.999. The van der Waals surface area contributed by atoms with Crippen LogP contribution in [0.2, 0.25) is 0 Å². The average molecular weight is 183 g/mol. The van der Waals surface area contributed by atoms with Crippen LogP contribution in [0.5, 0.6) is 0 Å². The second kappa shape index (κ2) is 4.32. The number of benzene rings is 1. The van der Waals surface area contributed by atoms with E-state index in [1.54, 1.807) is 0 Å². The van der Waals surface area contributed by atoms with E-state index in [0.29, 0.717) is 0 Å². The molecule has 1 aromatic carbocycles. The van der Waals surface area contributed by atoms with Crippen LogP contribution in [-0.2, 0) is 0 Å². The molecule has 0 unspecified atom stereocenters. The SMILES string of the molecule is C=C(C)C(=C)[B]c1cccc(C)c1C. The van der Waals surface area contributed by atoms with Crippen molar-refractivity contribution in [2.75, 3.05) is 0 Å². The van der Waals surface area contributed by atoms with Crippen LogP contribution in [0.1, 0.15) is 18.1 Å². The Hall–Kier alpha value is -1.24. The molecule has 0 aliphatic rings. The maximum atomic E-state index is 3.97. The average Bonchev–Trinajstić information content (AvgIpc) is 2.12. The van der Waals surface area contributed by atoms with Crippen LogP contribution in [-0.4, -0.2) is 7.28 Å². The maximum Gasteiger partial charge on any atom is 0.191 e. The summed E-state index contributed by atoms with van der Waals surface area (Å²) >= 11 is 0. The number of hydrogen-bond donors (Lipinski definition) is 0. The molecular weight excluding hydrogens is 167 g/mol. The molecule has 0 bridgehead atoms. The number of allylic oxidation sites excluding steroid dienone is 2.